The van der Waals surface area contributed by atoms with E-state index in [2.05, 4.69) is 36.1 Å². The van der Waals surface area contributed by atoms with Gasteiger partial charge >= 0.3 is 0 Å². The van der Waals surface area contributed by atoms with E-state index in [0.717, 1.165) is 26.2 Å². The van der Waals surface area contributed by atoms with Gasteiger partial charge in [0.25, 0.3) is 0 Å². The van der Waals surface area contributed by atoms with Crippen LogP contribution in [0.1, 0.15) is 12.5 Å². The largest absolute Gasteiger partial charge is 0.368 e. The minimum absolute atomic E-state index is 0.0648. The highest BCUT2D eigenvalue weighted by molar-refractivity contribution is 5.79. The maximum Gasteiger partial charge on any atom is 0.226 e. The number of piperazine rings is 1. The lowest BCUT2D eigenvalue weighted by Crippen LogP contribution is -2.51. The first-order chi connectivity index (χ1) is 9.13. The van der Waals surface area contributed by atoms with E-state index in [0.29, 0.717) is 6.54 Å². The van der Waals surface area contributed by atoms with Gasteiger partial charge in [0.1, 0.15) is 0 Å². The molecule has 104 valence electrons. The van der Waals surface area contributed by atoms with Crippen molar-refractivity contribution >= 4 is 11.6 Å². The lowest BCUT2D eigenvalue weighted by molar-refractivity contribution is -0.134. The van der Waals surface area contributed by atoms with E-state index in [1.165, 1.54) is 11.3 Å². The van der Waals surface area contributed by atoms with E-state index in [1.807, 2.05) is 11.8 Å². The summed E-state index contributed by atoms with van der Waals surface area (Å²) in [5.41, 5.74) is 8.13. The molecule has 1 aromatic rings. The van der Waals surface area contributed by atoms with Crippen LogP contribution in [0.4, 0.5) is 5.69 Å². The number of hydrogen-bond donors (Lipinski definition) is 1. The molecule has 0 aliphatic carbocycles. The molecule has 1 unspecified atom stereocenters. The number of carbonyl (C=O) groups is 1. The molecule has 4 nitrogen and oxygen atoms in total. The molecular formula is C15H23N3O. The maximum absolute atomic E-state index is 12.1. The molecule has 0 spiro atoms. The first-order valence-corrected chi connectivity index (χ1v) is 6.93. The fraction of sp³-hybridized carbons (Fsp3) is 0.533. The van der Waals surface area contributed by atoms with Crippen LogP contribution in [-0.2, 0) is 4.79 Å². The number of carbonyl (C=O) groups excluding carboxylic acids is 1. The highest BCUT2D eigenvalue weighted by Crippen LogP contribution is 2.21. The summed E-state index contributed by atoms with van der Waals surface area (Å²) in [6.45, 7) is 7.83. The molecule has 0 radical (unpaired) electrons. The van der Waals surface area contributed by atoms with Crippen molar-refractivity contribution in [2.24, 2.45) is 11.7 Å². The quantitative estimate of drug-likeness (QED) is 0.890. The lowest BCUT2D eigenvalue weighted by atomic mass is 10.1. The van der Waals surface area contributed by atoms with Crippen molar-refractivity contribution in [3.05, 3.63) is 29.8 Å². The van der Waals surface area contributed by atoms with E-state index in [-0.39, 0.29) is 11.8 Å². The molecule has 2 rings (SSSR count). The van der Waals surface area contributed by atoms with Crippen LogP contribution in [0.3, 0.4) is 0 Å². The molecule has 1 fully saturated rings. The molecular weight excluding hydrogens is 238 g/mol. The zero-order chi connectivity index (χ0) is 13.8. The number of hydrogen-bond acceptors (Lipinski definition) is 3. The van der Waals surface area contributed by atoms with Crippen molar-refractivity contribution in [3.63, 3.8) is 0 Å². The van der Waals surface area contributed by atoms with Crippen LogP contribution in [0.15, 0.2) is 24.3 Å². The van der Waals surface area contributed by atoms with Gasteiger partial charge in [-0.3, -0.25) is 4.79 Å². The lowest BCUT2D eigenvalue weighted by Gasteiger charge is -2.37. The van der Waals surface area contributed by atoms with Crippen molar-refractivity contribution in [2.45, 2.75) is 13.8 Å². The molecule has 1 aliphatic heterocycles. The van der Waals surface area contributed by atoms with E-state index in [1.54, 1.807) is 0 Å². The van der Waals surface area contributed by atoms with Crippen molar-refractivity contribution in [1.82, 2.24) is 4.90 Å². The molecule has 1 aromatic carbocycles. The Balaban J connectivity index is 1.96. The average Bonchev–Trinajstić information content (AvgIpc) is 2.46. The summed E-state index contributed by atoms with van der Waals surface area (Å²) in [6.07, 6.45) is 0. The van der Waals surface area contributed by atoms with Gasteiger partial charge in [-0.25, -0.2) is 0 Å². The fourth-order valence-electron chi connectivity index (χ4n) is 2.50. The van der Waals surface area contributed by atoms with Gasteiger partial charge in [0.15, 0.2) is 0 Å². The molecule has 2 N–H and O–H groups in total. The molecule has 19 heavy (non-hydrogen) atoms. The topological polar surface area (TPSA) is 49.6 Å². The number of benzene rings is 1. The molecule has 0 saturated carbocycles. The molecule has 1 atom stereocenters. The van der Waals surface area contributed by atoms with Gasteiger partial charge in [-0.2, -0.15) is 0 Å². The second kappa shape index (κ2) is 6.06. The maximum atomic E-state index is 12.1. The second-order valence-electron chi connectivity index (χ2n) is 5.24. The SMILES string of the molecule is Cc1ccccc1N1CCN(C(=O)C(C)CN)CC1. The Labute approximate surface area is 115 Å². The van der Waals surface area contributed by atoms with Gasteiger partial charge in [-0.15, -0.1) is 0 Å². The summed E-state index contributed by atoms with van der Waals surface area (Å²) >= 11 is 0. The molecule has 1 heterocycles. The van der Waals surface area contributed by atoms with Gasteiger partial charge < -0.3 is 15.5 Å². The Morgan fingerprint density at radius 2 is 1.89 bits per heavy atom. The van der Waals surface area contributed by atoms with Gasteiger partial charge in [-0.1, -0.05) is 25.1 Å². The summed E-state index contributed by atoms with van der Waals surface area (Å²) < 4.78 is 0. The summed E-state index contributed by atoms with van der Waals surface area (Å²) in [7, 11) is 0. The standard InChI is InChI=1S/C15H23N3O/c1-12-5-3-4-6-14(12)17-7-9-18(10-8-17)15(19)13(2)11-16/h3-6,13H,7-11,16H2,1-2H3. The summed E-state index contributed by atoms with van der Waals surface area (Å²) in [5.74, 6) is 0.122. The number of rotatable bonds is 3. The first kappa shape index (κ1) is 13.9. The number of aryl methyl sites for hydroxylation is 1. The van der Waals surface area contributed by atoms with E-state index >= 15 is 0 Å². The van der Waals surface area contributed by atoms with E-state index in [9.17, 15) is 4.79 Å². The third-order valence-electron chi connectivity index (χ3n) is 3.82. The van der Waals surface area contributed by atoms with Gasteiger partial charge in [-0.05, 0) is 18.6 Å². The van der Waals surface area contributed by atoms with Gasteiger partial charge in [0.05, 0.1) is 0 Å². The number of nitrogens with two attached hydrogens (primary N) is 1. The van der Waals surface area contributed by atoms with E-state index < -0.39 is 0 Å². The summed E-state index contributed by atoms with van der Waals surface area (Å²) in [4.78, 5) is 16.4. The monoisotopic (exact) mass is 261 g/mol. The minimum Gasteiger partial charge on any atom is -0.368 e. The minimum atomic E-state index is -0.0648. The molecule has 0 bridgehead atoms. The van der Waals surface area contributed by atoms with Crippen molar-refractivity contribution < 1.29 is 4.79 Å². The Hall–Kier alpha value is -1.55. The zero-order valence-electron chi connectivity index (χ0n) is 11.8. The van der Waals surface area contributed by atoms with Crippen LogP contribution in [0.5, 0.6) is 0 Å². The predicted octanol–water partition coefficient (Wildman–Crippen LogP) is 1.24. The molecule has 4 heteroatoms. The Bertz CT molecular complexity index is 439. The number of amides is 1. The Morgan fingerprint density at radius 3 is 2.47 bits per heavy atom. The van der Waals surface area contributed by atoms with Gasteiger partial charge in [0, 0.05) is 44.3 Å². The van der Waals surface area contributed by atoms with Crippen molar-refractivity contribution in [2.75, 3.05) is 37.6 Å². The van der Waals surface area contributed by atoms with Crippen LogP contribution in [0.25, 0.3) is 0 Å². The first-order valence-electron chi connectivity index (χ1n) is 6.93. The second-order valence-corrected chi connectivity index (χ2v) is 5.24. The third-order valence-corrected chi connectivity index (χ3v) is 3.82. The van der Waals surface area contributed by atoms with E-state index in [4.69, 9.17) is 5.73 Å². The van der Waals surface area contributed by atoms with Crippen LogP contribution < -0.4 is 10.6 Å². The fourth-order valence-corrected chi connectivity index (χ4v) is 2.50. The molecule has 1 saturated heterocycles. The molecule has 1 amide bonds. The van der Waals surface area contributed by atoms with Crippen molar-refractivity contribution in [3.8, 4) is 0 Å². The van der Waals surface area contributed by atoms with Crippen molar-refractivity contribution in [1.29, 1.82) is 0 Å². The highest BCUT2D eigenvalue weighted by atomic mass is 16.2. The summed E-state index contributed by atoms with van der Waals surface area (Å²) in [6, 6.07) is 8.40. The normalized spacial score (nSPS) is 17.4. The average molecular weight is 261 g/mol. The molecule has 0 aromatic heterocycles. The highest BCUT2D eigenvalue weighted by Gasteiger charge is 2.24. The number of para-hydroxylation sites is 1. The third kappa shape index (κ3) is 3.07. The molecule has 1 aliphatic rings. The number of nitrogens with zero attached hydrogens (tertiary/aromatic N) is 2. The van der Waals surface area contributed by atoms with Crippen LogP contribution in [0.2, 0.25) is 0 Å². The van der Waals surface area contributed by atoms with Crippen LogP contribution in [0, 0.1) is 12.8 Å². The Morgan fingerprint density at radius 1 is 1.26 bits per heavy atom. The van der Waals surface area contributed by atoms with Crippen LogP contribution >= 0.6 is 0 Å². The number of anilines is 1. The van der Waals surface area contributed by atoms with Gasteiger partial charge in [0.2, 0.25) is 5.91 Å². The summed E-state index contributed by atoms with van der Waals surface area (Å²) in [5, 5.41) is 0. The smallest absolute Gasteiger partial charge is 0.226 e. The predicted molar refractivity (Wildman–Crippen MR) is 78.2 cm³/mol. The van der Waals surface area contributed by atoms with Crippen LogP contribution in [-0.4, -0.2) is 43.5 Å². The zero-order valence-corrected chi connectivity index (χ0v) is 11.8. The Kier molecular flexibility index (Phi) is 4.43.